The van der Waals surface area contributed by atoms with Gasteiger partial charge < -0.3 is 30.1 Å². The van der Waals surface area contributed by atoms with E-state index in [2.05, 4.69) is 25.3 Å². The van der Waals surface area contributed by atoms with E-state index in [0.717, 1.165) is 5.56 Å². The van der Waals surface area contributed by atoms with Gasteiger partial charge in [0.2, 0.25) is 10.9 Å². The zero-order valence-corrected chi connectivity index (χ0v) is 23.7. The quantitative estimate of drug-likeness (QED) is 0.159. The molecule has 4 N–H and O–H groups in total. The number of aliphatic hydroxyl groups is 2. The van der Waals surface area contributed by atoms with Crippen molar-refractivity contribution >= 4 is 45.9 Å². The number of hydrogen-bond acceptors (Lipinski definition) is 11. The Morgan fingerprint density at radius 2 is 1.95 bits per heavy atom. The molecule has 4 aromatic rings. The monoisotopic (exact) mass is 590 g/mol. The lowest BCUT2D eigenvalue weighted by Crippen LogP contribution is -2.44. The fourth-order valence-electron chi connectivity index (χ4n) is 4.19. The zero-order valence-electron chi connectivity index (χ0n) is 22.1. The van der Waals surface area contributed by atoms with Crippen LogP contribution in [0.3, 0.4) is 0 Å². The summed E-state index contributed by atoms with van der Waals surface area (Å²) < 4.78 is 13.6. The Labute approximate surface area is 239 Å². The van der Waals surface area contributed by atoms with Crippen LogP contribution < -0.4 is 5.32 Å². The third-order valence-corrected chi connectivity index (χ3v) is 6.80. The second-order valence-corrected chi connectivity index (χ2v) is 10.6. The zero-order chi connectivity index (χ0) is 28.9. The fourth-order valence-corrected chi connectivity index (χ4v) is 4.97. The summed E-state index contributed by atoms with van der Waals surface area (Å²) in [6.07, 6.45) is -1.76. The van der Waals surface area contributed by atoms with Gasteiger partial charge in [-0.2, -0.15) is 9.97 Å². The number of imidazole rings is 1. The van der Waals surface area contributed by atoms with Crippen LogP contribution in [0.25, 0.3) is 11.2 Å². The molecule has 0 aliphatic rings. The topological polar surface area (TPSA) is 165 Å². The molecule has 0 amide bonds. The first kappa shape index (κ1) is 29.8. The van der Waals surface area contributed by atoms with Crippen LogP contribution in [0.2, 0.25) is 5.28 Å². The van der Waals surface area contributed by atoms with E-state index in [9.17, 15) is 20.1 Å². The Balaban J connectivity index is 1.62. The number of rotatable bonds is 14. The number of ether oxygens (including phenoxy) is 2. The number of aliphatic carboxylic acids is 1. The maximum absolute atomic E-state index is 12.7. The summed E-state index contributed by atoms with van der Waals surface area (Å²) in [4.78, 5) is 29.8. The van der Waals surface area contributed by atoms with Crippen LogP contribution in [-0.4, -0.2) is 77.3 Å². The summed E-state index contributed by atoms with van der Waals surface area (Å²) in [6.45, 7) is 4.54. The molecule has 0 saturated carbocycles. The molecule has 0 aliphatic heterocycles. The predicted molar refractivity (Wildman–Crippen MR) is 149 cm³/mol. The van der Waals surface area contributed by atoms with Crippen LogP contribution >= 0.6 is 22.9 Å². The Morgan fingerprint density at radius 3 is 2.55 bits per heavy atom. The highest BCUT2D eigenvalue weighted by atomic mass is 35.5. The number of hydrogen-bond donors (Lipinski definition) is 4. The number of benzene rings is 1. The Hall–Kier alpha value is -3.20. The minimum Gasteiger partial charge on any atom is -0.479 e. The molecule has 3 heterocycles. The highest BCUT2D eigenvalue weighted by molar-refractivity contribution is 7.07. The Kier molecular flexibility index (Phi) is 9.66. The van der Waals surface area contributed by atoms with Gasteiger partial charge in [-0.3, -0.25) is 4.57 Å². The number of carboxylic acids is 1. The summed E-state index contributed by atoms with van der Waals surface area (Å²) in [5, 5.41) is 35.9. The Morgan fingerprint density at radius 1 is 1.20 bits per heavy atom. The van der Waals surface area contributed by atoms with Crippen molar-refractivity contribution in [1.29, 1.82) is 0 Å². The number of thiazole rings is 1. The van der Waals surface area contributed by atoms with E-state index >= 15 is 0 Å². The molecule has 12 nitrogen and oxygen atoms in total. The van der Waals surface area contributed by atoms with E-state index in [0.29, 0.717) is 17.0 Å². The second-order valence-electron chi connectivity index (χ2n) is 9.52. The van der Waals surface area contributed by atoms with Gasteiger partial charge in [-0.25, -0.2) is 14.8 Å². The number of anilines is 1. The van der Waals surface area contributed by atoms with Gasteiger partial charge in [0.15, 0.2) is 23.2 Å². The highest BCUT2D eigenvalue weighted by Crippen LogP contribution is 2.32. The van der Waals surface area contributed by atoms with Crippen LogP contribution in [0.4, 0.5) is 5.82 Å². The van der Waals surface area contributed by atoms with Gasteiger partial charge in [0.05, 0.1) is 36.8 Å². The van der Waals surface area contributed by atoms with Crippen molar-refractivity contribution in [2.24, 2.45) is 0 Å². The van der Waals surface area contributed by atoms with Crippen LogP contribution in [0.15, 0.2) is 47.5 Å². The van der Waals surface area contributed by atoms with Crippen molar-refractivity contribution in [3.05, 3.63) is 64.1 Å². The molecule has 0 fully saturated rings. The summed E-state index contributed by atoms with van der Waals surface area (Å²) in [5.41, 5.74) is 1.38. The van der Waals surface area contributed by atoms with Crippen LogP contribution in [-0.2, 0) is 26.3 Å². The SMILES string of the molecule is CC(C)Nc1nc(Cl)nc2c1ncn2[C@H](O[C@@H](CO)CO[C@@](Cc1ccccc1)(C(=O)O)c1cscn1)[C@@H](C)O. The molecule has 0 unspecified atom stereocenters. The van der Waals surface area contributed by atoms with E-state index < -0.39 is 36.6 Å². The predicted octanol–water partition coefficient (Wildman–Crippen LogP) is 3.25. The molecule has 40 heavy (non-hydrogen) atoms. The number of fused-ring (bicyclic) bond motifs is 1. The smallest absolute Gasteiger partial charge is 0.342 e. The summed E-state index contributed by atoms with van der Waals surface area (Å²) in [7, 11) is 0. The van der Waals surface area contributed by atoms with Gasteiger partial charge >= 0.3 is 5.97 Å². The first-order valence-electron chi connectivity index (χ1n) is 12.6. The van der Waals surface area contributed by atoms with Crippen LogP contribution in [0.1, 0.15) is 38.3 Å². The highest BCUT2D eigenvalue weighted by Gasteiger charge is 2.44. The molecule has 0 bridgehead atoms. The number of halogens is 1. The lowest BCUT2D eigenvalue weighted by Gasteiger charge is -2.32. The number of carboxylic acid groups (broad SMARTS) is 1. The van der Waals surface area contributed by atoms with Gasteiger partial charge in [0, 0.05) is 17.8 Å². The molecule has 0 saturated heterocycles. The molecule has 1 aromatic carbocycles. The Bertz CT molecular complexity index is 1400. The molecule has 4 atom stereocenters. The molecule has 214 valence electrons. The van der Waals surface area contributed by atoms with Crippen molar-refractivity contribution < 1.29 is 29.6 Å². The molecule has 4 rings (SSSR count). The molecule has 3 aromatic heterocycles. The van der Waals surface area contributed by atoms with Crippen LogP contribution in [0.5, 0.6) is 0 Å². The van der Waals surface area contributed by atoms with E-state index in [1.807, 2.05) is 32.0 Å². The fraction of sp³-hybridized carbons (Fsp3) is 0.423. The maximum Gasteiger partial charge on any atom is 0.342 e. The molecule has 0 aliphatic carbocycles. The molecule has 14 heteroatoms. The van der Waals surface area contributed by atoms with Crippen molar-refractivity contribution in [2.45, 2.75) is 57.3 Å². The van der Waals surface area contributed by atoms with Gasteiger partial charge in [0.25, 0.3) is 0 Å². The second kappa shape index (κ2) is 13.0. The molecular weight excluding hydrogens is 560 g/mol. The number of nitrogens with one attached hydrogen (secondary N) is 1. The van der Waals surface area contributed by atoms with E-state index in [1.54, 1.807) is 17.5 Å². The maximum atomic E-state index is 12.7. The average molecular weight is 591 g/mol. The van der Waals surface area contributed by atoms with Gasteiger partial charge in [-0.05, 0) is 37.9 Å². The summed E-state index contributed by atoms with van der Waals surface area (Å²) >= 11 is 7.42. The van der Waals surface area contributed by atoms with Crippen molar-refractivity contribution in [1.82, 2.24) is 24.5 Å². The molecule has 0 spiro atoms. The van der Waals surface area contributed by atoms with Crippen molar-refractivity contribution in [3.8, 4) is 0 Å². The first-order chi connectivity index (χ1) is 19.1. The van der Waals surface area contributed by atoms with Gasteiger partial charge in [0.1, 0.15) is 6.10 Å². The largest absolute Gasteiger partial charge is 0.479 e. The number of nitrogens with zero attached hydrogens (tertiary/aromatic N) is 5. The third-order valence-electron chi connectivity index (χ3n) is 6.04. The van der Waals surface area contributed by atoms with E-state index in [4.69, 9.17) is 21.1 Å². The summed E-state index contributed by atoms with van der Waals surface area (Å²) in [6, 6.07) is 9.10. The van der Waals surface area contributed by atoms with Gasteiger partial charge in [-0.15, -0.1) is 11.3 Å². The number of aromatic nitrogens is 5. The summed E-state index contributed by atoms with van der Waals surface area (Å²) in [5.74, 6) is -0.811. The average Bonchev–Trinajstić information content (AvgIpc) is 3.59. The lowest BCUT2D eigenvalue weighted by molar-refractivity contribution is -0.187. The number of carbonyl (C=O) groups is 1. The van der Waals surface area contributed by atoms with E-state index in [-0.39, 0.29) is 30.0 Å². The van der Waals surface area contributed by atoms with Gasteiger partial charge in [-0.1, -0.05) is 30.3 Å². The van der Waals surface area contributed by atoms with Crippen LogP contribution in [0, 0.1) is 0 Å². The minimum atomic E-state index is -1.83. The van der Waals surface area contributed by atoms with E-state index in [1.165, 1.54) is 34.7 Å². The number of aliphatic hydroxyl groups excluding tert-OH is 2. The minimum absolute atomic E-state index is 0.00189. The van der Waals surface area contributed by atoms with Crippen molar-refractivity contribution in [3.63, 3.8) is 0 Å². The molecule has 0 radical (unpaired) electrons. The lowest BCUT2D eigenvalue weighted by atomic mass is 9.91. The standard InChI is InChI=1S/C26H31ClN6O6S/c1-15(2)30-21-20-22(32-25(27)31-21)33(13-28-20)23(16(3)35)39-18(10-34)11-38-26(24(36)37,19-12-40-14-29-19)9-17-7-5-4-6-8-17/h4-8,12-16,18,23,34-35H,9-11H2,1-3H3,(H,36,37)(H,30,31,32)/t16-,18+,23-,26-/m1/s1. The first-order valence-corrected chi connectivity index (χ1v) is 13.9. The van der Waals surface area contributed by atoms with Crippen molar-refractivity contribution in [2.75, 3.05) is 18.5 Å². The normalized spacial score (nSPS) is 15.6. The third kappa shape index (κ3) is 6.57. The molecular formula is C26H31ClN6O6S.